The maximum Gasteiger partial charge on any atom is 0.358 e. The van der Waals surface area contributed by atoms with Crippen molar-refractivity contribution in [2.24, 2.45) is 0 Å². The van der Waals surface area contributed by atoms with Crippen molar-refractivity contribution in [3.05, 3.63) is 72.3 Å². The molecule has 0 aliphatic carbocycles. The van der Waals surface area contributed by atoms with Crippen LogP contribution >= 0.6 is 0 Å². The molecule has 0 unspecified atom stereocenters. The zero-order chi connectivity index (χ0) is 16.9. The van der Waals surface area contributed by atoms with Crippen molar-refractivity contribution in [1.82, 2.24) is 4.98 Å². The molecule has 0 saturated carbocycles. The van der Waals surface area contributed by atoms with Crippen molar-refractivity contribution in [2.45, 2.75) is 0 Å². The molecule has 24 heavy (non-hydrogen) atoms. The van der Waals surface area contributed by atoms with Gasteiger partial charge in [-0.05, 0) is 29.7 Å². The first kappa shape index (κ1) is 15.6. The van der Waals surface area contributed by atoms with Crippen molar-refractivity contribution >= 4 is 28.3 Å². The number of halogens is 1. The van der Waals surface area contributed by atoms with Crippen LogP contribution in [0.2, 0.25) is 0 Å². The Bertz CT molecular complexity index is 906. The van der Waals surface area contributed by atoms with Gasteiger partial charge >= 0.3 is 5.97 Å². The van der Waals surface area contributed by atoms with E-state index in [-0.39, 0.29) is 5.69 Å². The van der Waals surface area contributed by atoms with Gasteiger partial charge in [0.15, 0.2) is 12.3 Å². The fourth-order valence-corrected chi connectivity index (χ4v) is 2.25. The fourth-order valence-electron chi connectivity index (χ4n) is 2.25. The molecule has 0 aliphatic rings. The van der Waals surface area contributed by atoms with Gasteiger partial charge in [-0.25, -0.2) is 14.2 Å². The van der Waals surface area contributed by atoms with Gasteiger partial charge in [0, 0.05) is 17.3 Å². The Hall–Kier alpha value is -3.28. The number of nitrogens with one attached hydrogen (secondary N) is 1. The van der Waals surface area contributed by atoms with Gasteiger partial charge in [-0.3, -0.25) is 4.79 Å². The van der Waals surface area contributed by atoms with Crippen molar-refractivity contribution in [3.8, 4) is 0 Å². The van der Waals surface area contributed by atoms with Gasteiger partial charge in [0.25, 0.3) is 5.91 Å². The highest BCUT2D eigenvalue weighted by Gasteiger charge is 2.14. The molecule has 1 amide bonds. The summed E-state index contributed by atoms with van der Waals surface area (Å²) in [6.07, 6.45) is 1.51. The van der Waals surface area contributed by atoms with Gasteiger partial charge in [-0.2, -0.15) is 0 Å². The quantitative estimate of drug-likeness (QED) is 0.749. The Labute approximate surface area is 137 Å². The van der Waals surface area contributed by atoms with E-state index in [1.54, 1.807) is 18.2 Å². The Morgan fingerprint density at radius 3 is 2.75 bits per heavy atom. The first-order chi connectivity index (χ1) is 11.6. The van der Waals surface area contributed by atoms with Gasteiger partial charge in [0.1, 0.15) is 5.82 Å². The number of hydrogen-bond acceptors (Lipinski definition) is 4. The third-order valence-corrected chi connectivity index (χ3v) is 3.31. The van der Waals surface area contributed by atoms with E-state index in [1.807, 2.05) is 12.1 Å². The minimum Gasteiger partial charge on any atom is -0.451 e. The Morgan fingerprint density at radius 1 is 1.08 bits per heavy atom. The number of rotatable bonds is 4. The van der Waals surface area contributed by atoms with E-state index in [0.717, 1.165) is 5.39 Å². The first-order valence-corrected chi connectivity index (χ1v) is 7.20. The lowest BCUT2D eigenvalue weighted by Gasteiger charge is -2.08. The molecular weight excluding hydrogens is 311 g/mol. The van der Waals surface area contributed by atoms with Crippen molar-refractivity contribution in [1.29, 1.82) is 0 Å². The van der Waals surface area contributed by atoms with Crippen LogP contribution < -0.4 is 5.32 Å². The summed E-state index contributed by atoms with van der Waals surface area (Å²) in [6, 6.07) is 14.5. The topological polar surface area (TPSA) is 68.3 Å². The van der Waals surface area contributed by atoms with Crippen LogP contribution in [0.5, 0.6) is 0 Å². The molecule has 3 rings (SSSR count). The lowest BCUT2D eigenvalue weighted by Crippen LogP contribution is -2.21. The second-order valence-electron chi connectivity index (χ2n) is 5.02. The van der Waals surface area contributed by atoms with Crippen LogP contribution in [0.3, 0.4) is 0 Å². The number of hydrogen-bond donors (Lipinski definition) is 1. The molecule has 1 heterocycles. The normalized spacial score (nSPS) is 10.4. The van der Waals surface area contributed by atoms with E-state index >= 15 is 0 Å². The predicted molar refractivity (Wildman–Crippen MR) is 87.1 cm³/mol. The van der Waals surface area contributed by atoms with E-state index in [2.05, 4.69) is 10.3 Å². The number of carbonyl (C=O) groups excluding carboxylic acids is 2. The summed E-state index contributed by atoms with van der Waals surface area (Å²) >= 11 is 0. The maximum atomic E-state index is 13.1. The number of ether oxygens (including phenoxy) is 1. The second-order valence-corrected chi connectivity index (χ2v) is 5.02. The van der Waals surface area contributed by atoms with Crippen molar-refractivity contribution in [3.63, 3.8) is 0 Å². The summed E-state index contributed by atoms with van der Waals surface area (Å²) in [7, 11) is 0. The molecule has 0 bridgehead atoms. The summed E-state index contributed by atoms with van der Waals surface area (Å²) in [6.45, 7) is -0.486. The SMILES string of the molecule is O=C(COC(=O)c1nccc2ccccc12)Nc1cccc(F)c1. The van der Waals surface area contributed by atoms with Gasteiger partial charge in [-0.15, -0.1) is 0 Å². The third-order valence-electron chi connectivity index (χ3n) is 3.31. The van der Waals surface area contributed by atoms with E-state index < -0.39 is 24.3 Å². The molecule has 0 atom stereocenters. The smallest absolute Gasteiger partial charge is 0.358 e. The van der Waals surface area contributed by atoms with Crippen LogP contribution in [0, 0.1) is 5.82 Å². The monoisotopic (exact) mass is 324 g/mol. The van der Waals surface area contributed by atoms with Crippen LogP contribution in [0.4, 0.5) is 10.1 Å². The minimum absolute atomic E-state index is 0.145. The van der Waals surface area contributed by atoms with Crippen molar-refractivity contribution in [2.75, 3.05) is 11.9 Å². The molecule has 0 fully saturated rings. The summed E-state index contributed by atoms with van der Waals surface area (Å²) in [5.41, 5.74) is 0.436. The average molecular weight is 324 g/mol. The van der Waals surface area contributed by atoms with Crippen LogP contribution in [0.25, 0.3) is 10.8 Å². The number of pyridine rings is 1. The molecule has 0 aliphatic heterocycles. The molecule has 0 radical (unpaired) electrons. The molecule has 120 valence electrons. The predicted octanol–water partition coefficient (Wildman–Crippen LogP) is 3.17. The number of benzene rings is 2. The molecule has 3 aromatic rings. The number of nitrogens with zero attached hydrogens (tertiary/aromatic N) is 1. The largest absolute Gasteiger partial charge is 0.451 e. The number of fused-ring (bicyclic) bond motifs is 1. The summed E-state index contributed by atoms with van der Waals surface area (Å²) in [5.74, 6) is -1.72. The zero-order valence-corrected chi connectivity index (χ0v) is 12.5. The van der Waals surface area contributed by atoms with Gasteiger partial charge in [0.2, 0.25) is 0 Å². The summed E-state index contributed by atoms with van der Waals surface area (Å²) < 4.78 is 18.0. The van der Waals surface area contributed by atoms with Crippen molar-refractivity contribution < 1.29 is 18.7 Å². The van der Waals surface area contributed by atoms with Crippen LogP contribution in [0.1, 0.15) is 10.5 Å². The van der Waals surface area contributed by atoms with Crippen LogP contribution in [-0.4, -0.2) is 23.5 Å². The highest BCUT2D eigenvalue weighted by atomic mass is 19.1. The number of anilines is 1. The maximum absolute atomic E-state index is 13.1. The minimum atomic E-state index is -0.693. The van der Waals surface area contributed by atoms with Gasteiger partial charge in [-0.1, -0.05) is 30.3 Å². The molecule has 2 aromatic carbocycles. The number of aromatic nitrogens is 1. The second kappa shape index (κ2) is 6.87. The summed E-state index contributed by atoms with van der Waals surface area (Å²) in [4.78, 5) is 28.0. The highest BCUT2D eigenvalue weighted by molar-refractivity contribution is 6.03. The molecule has 6 heteroatoms. The lowest BCUT2D eigenvalue weighted by molar-refractivity contribution is -0.119. The highest BCUT2D eigenvalue weighted by Crippen LogP contribution is 2.17. The number of amides is 1. The fraction of sp³-hybridized carbons (Fsp3) is 0.0556. The van der Waals surface area contributed by atoms with E-state index in [0.29, 0.717) is 11.1 Å². The van der Waals surface area contributed by atoms with Crippen LogP contribution in [-0.2, 0) is 9.53 Å². The molecular formula is C18H13FN2O3. The van der Waals surface area contributed by atoms with E-state index in [4.69, 9.17) is 4.74 Å². The van der Waals surface area contributed by atoms with E-state index in [9.17, 15) is 14.0 Å². The lowest BCUT2D eigenvalue weighted by atomic mass is 10.1. The third kappa shape index (κ3) is 3.55. The zero-order valence-electron chi connectivity index (χ0n) is 12.5. The Kier molecular flexibility index (Phi) is 4.47. The van der Waals surface area contributed by atoms with Crippen LogP contribution in [0.15, 0.2) is 60.8 Å². The van der Waals surface area contributed by atoms with Gasteiger partial charge in [0.05, 0.1) is 0 Å². The molecule has 1 N–H and O–H groups in total. The standard InChI is InChI=1S/C18H13FN2O3/c19-13-5-3-6-14(10-13)21-16(22)11-24-18(23)17-15-7-2-1-4-12(15)8-9-20-17/h1-10H,11H2,(H,21,22). The number of esters is 1. The van der Waals surface area contributed by atoms with E-state index in [1.165, 1.54) is 30.5 Å². The van der Waals surface area contributed by atoms with Gasteiger partial charge < -0.3 is 10.1 Å². The molecule has 1 aromatic heterocycles. The first-order valence-electron chi connectivity index (χ1n) is 7.20. The summed E-state index contributed by atoms with van der Waals surface area (Å²) in [5, 5.41) is 3.95. The Morgan fingerprint density at radius 2 is 1.92 bits per heavy atom. The number of carbonyl (C=O) groups is 2. The molecule has 5 nitrogen and oxygen atoms in total. The Balaban J connectivity index is 1.65. The average Bonchev–Trinajstić information content (AvgIpc) is 2.59. The molecule has 0 saturated heterocycles. The molecule has 0 spiro atoms.